The first-order valence-electron chi connectivity index (χ1n) is 7.08. The highest BCUT2D eigenvalue weighted by Crippen LogP contribution is 2.10. The molecule has 0 aromatic rings. The van der Waals surface area contributed by atoms with Crippen molar-refractivity contribution in [2.75, 3.05) is 6.61 Å². The third-order valence-electron chi connectivity index (χ3n) is 3.03. The fourth-order valence-electron chi connectivity index (χ4n) is 2.02. The monoisotopic (exact) mass is 243 g/mol. The van der Waals surface area contributed by atoms with Gasteiger partial charge in [0.15, 0.2) is 0 Å². The van der Waals surface area contributed by atoms with E-state index in [2.05, 4.69) is 12.2 Å². The lowest BCUT2D eigenvalue weighted by Crippen LogP contribution is -2.35. The number of carbonyl (C=O) groups is 1. The average Bonchev–Trinajstić information content (AvgIpc) is 2.30. The highest BCUT2D eigenvalue weighted by molar-refractivity contribution is 5.73. The van der Waals surface area contributed by atoms with E-state index in [4.69, 9.17) is 5.11 Å². The Hall–Kier alpha value is -0.570. The molecule has 0 aromatic carbocycles. The van der Waals surface area contributed by atoms with Crippen molar-refractivity contribution < 1.29 is 9.90 Å². The quantitative estimate of drug-likeness (QED) is 0.548. The first-order chi connectivity index (χ1) is 8.20. The largest absolute Gasteiger partial charge is 0.394 e. The molecule has 1 unspecified atom stereocenters. The second-order valence-corrected chi connectivity index (χ2v) is 4.84. The summed E-state index contributed by atoms with van der Waals surface area (Å²) in [6.07, 6.45) is 11.2. The summed E-state index contributed by atoms with van der Waals surface area (Å²) in [5.74, 6) is -0.0522. The first-order valence-corrected chi connectivity index (χ1v) is 7.08. The molecule has 1 atom stereocenters. The van der Waals surface area contributed by atoms with E-state index < -0.39 is 0 Å². The Kier molecular flexibility index (Phi) is 11.5. The van der Waals surface area contributed by atoms with Crippen molar-refractivity contribution in [3.63, 3.8) is 0 Å². The highest BCUT2D eigenvalue weighted by Gasteiger charge is 2.07. The van der Waals surface area contributed by atoms with Gasteiger partial charge in [-0.3, -0.25) is 4.79 Å². The summed E-state index contributed by atoms with van der Waals surface area (Å²) >= 11 is 0. The van der Waals surface area contributed by atoms with Crippen LogP contribution in [0.3, 0.4) is 0 Å². The van der Waals surface area contributed by atoms with E-state index in [1.54, 1.807) is 0 Å². The SMILES string of the molecule is CCCCCCCCCCC(CO)NC(C)=O. The lowest BCUT2D eigenvalue weighted by molar-refractivity contribution is -0.120. The Labute approximate surface area is 106 Å². The standard InChI is InChI=1S/C14H29NO2/c1-3-4-5-6-7-8-9-10-11-14(12-16)15-13(2)17/h14,16H,3-12H2,1-2H3,(H,15,17). The molecular weight excluding hydrogens is 214 g/mol. The van der Waals surface area contributed by atoms with Crippen molar-refractivity contribution in [3.05, 3.63) is 0 Å². The number of aliphatic hydroxyl groups is 1. The van der Waals surface area contributed by atoms with Gasteiger partial charge in [0.1, 0.15) is 0 Å². The fraction of sp³-hybridized carbons (Fsp3) is 0.929. The van der Waals surface area contributed by atoms with E-state index >= 15 is 0 Å². The zero-order chi connectivity index (χ0) is 12.9. The normalized spacial score (nSPS) is 12.4. The van der Waals surface area contributed by atoms with Crippen molar-refractivity contribution in [1.29, 1.82) is 0 Å². The second-order valence-electron chi connectivity index (χ2n) is 4.84. The van der Waals surface area contributed by atoms with Crippen molar-refractivity contribution in [1.82, 2.24) is 5.32 Å². The van der Waals surface area contributed by atoms with Crippen molar-refractivity contribution in [2.24, 2.45) is 0 Å². The summed E-state index contributed by atoms with van der Waals surface area (Å²) in [5, 5.41) is 11.8. The van der Waals surface area contributed by atoms with Crippen molar-refractivity contribution >= 4 is 5.91 Å². The number of nitrogens with one attached hydrogen (secondary N) is 1. The van der Waals surface area contributed by atoms with Crippen LogP contribution in [0.5, 0.6) is 0 Å². The molecule has 102 valence electrons. The summed E-state index contributed by atoms with van der Waals surface area (Å²) in [5.41, 5.74) is 0. The van der Waals surface area contributed by atoms with Gasteiger partial charge in [-0.25, -0.2) is 0 Å². The smallest absolute Gasteiger partial charge is 0.217 e. The summed E-state index contributed by atoms with van der Waals surface area (Å²) < 4.78 is 0. The maximum absolute atomic E-state index is 10.8. The van der Waals surface area contributed by atoms with Crippen LogP contribution in [0.25, 0.3) is 0 Å². The van der Waals surface area contributed by atoms with Gasteiger partial charge < -0.3 is 10.4 Å². The summed E-state index contributed by atoms with van der Waals surface area (Å²) in [6.45, 7) is 3.78. The van der Waals surface area contributed by atoms with Crippen LogP contribution >= 0.6 is 0 Å². The number of aliphatic hydroxyl groups excluding tert-OH is 1. The molecule has 0 spiro atoms. The van der Waals surface area contributed by atoms with Gasteiger partial charge in [-0.2, -0.15) is 0 Å². The molecule has 1 amide bonds. The van der Waals surface area contributed by atoms with Crippen molar-refractivity contribution in [3.8, 4) is 0 Å². The lowest BCUT2D eigenvalue weighted by atomic mass is 10.0. The van der Waals surface area contributed by atoms with Gasteiger partial charge in [0.05, 0.1) is 12.6 Å². The van der Waals surface area contributed by atoms with E-state index in [9.17, 15) is 4.79 Å². The molecule has 0 saturated heterocycles. The minimum absolute atomic E-state index is 0.0485. The number of amides is 1. The molecule has 17 heavy (non-hydrogen) atoms. The Bertz CT molecular complexity index is 183. The third kappa shape index (κ3) is 11.7. The lowest BCUT2D eigenvalue weighted by Gasteiger charge is -2.14. The highest BCUT2D eigenvalue weighted by atomic mass is 16.3. The zero-order valence-electron chi connectivity index (χ0n) is 11.5. The van der Waals surface area contributed by atoms with E-state index in [1.807, 2.05) is 0 Å². The van der Waals surface area contributed by atoms with Crippen LogP contribution in [-0.2, 0) is 4.79 Å². The minimum Gasteiger partial charge on any atom is -0.394 e. The van der Waals surface area contributed by atoms with Crippen LogP contribution < -0.4 is 5.32 Å². The Balaban J connectivity index is 3.28. The predicted octanol–water partition coefficient (Wildman–Crippen LogP) is 3.01. The maximum Gasteiger partial charge on any atom is 0.217 e. The van der Waals surface area contributed by atoms with Gasteiger partial charge in [-0.1, -0.05) is 58.3 Å². The molecule has 0 aromatic heterocycles. The van der Waals surface area contributed by atoms with Crippen LogP contribution in [0, 0.1) is 0 Å². The van der Waals surface area contributed by atoms with Crippen LogP contribution in [0.4, 0.5) is 0 Å². The summed E-state index contributed by atoms with van der Waals surface area (Å²) in [7, 11) is 0. The molecule has 3 heteroatoms. The molecule has 0 rings (SSSR count). The molecule has 0 radical (unpaired) electrons. The van der Waals surface area contributed by atoms with E-state index in [1.165, 1.54) is 51.9 Å². The second kappa shape index (κ2) is 11.9. The Morgan fingerprint density at radius 2 is 1.59 bits per heavy atom. The molecule has 2 N–H and O–H groups in total. The van der Waals surface area contributed by atoms with Crippen LogP contribution in [0.15, 0.2) is 0 Å². The molecule has 0 saturated carbocycles. The van der Waals surface area contributed by atoms with E-state index in [-0.39, 0.29) is 18.6 Å². The number of hydrogen-bond acceptors (Lipinski definition) is 2. The predicted molar refractivity (Wildman–Crippen MR) is 71.9 cm³/mol. The topological polar surface area (TPSA) is 49.3 Å². The summed E-state index contributed by atoms with van der Waals surface area (Å²) in [4.78, 5) is 10.8. The Morgan fingerprint density at radius 1 is 1.06 bits per heavy atom. The number of carbonyl (C=O) groups excluding carboxylic acids is 1. The molecular formula is C14H29NO2. The van der Waals surface area contributed by atoms with Gasteiger partial charge in [0.2, 0.25) is 5.91 Å². The van der Waals surface area contributed by atoms with Gasteiger partial charge in [0, 0.05) is 6.92 Å². The molecule has 0 bridgehead atoms. The molecule has 0 aliphatic heterocycles. The maximum atomic E-state index is 10.8. The van der Waals surface area contributed by atoms with Crippen LogP contribution in [0.2, 0.25) is 0 Å². The first kappa shape index (κ1) is 16.4. The molecule has 3 nitrogen and oxygen atoms in total. The molecule has 0 aliphatic carbocycles. The fourth-order valence-corrected chi connectivity index (χ4v) is 2.02. The van der Waals surface area contributed by atoms with Crippen LogP contribution in [-0.4, -0.2) is 23.7 Å². The van der Waals surface area contributed by atoms with Crippen LogP contribution in [0.1, 0.15) is 71.6 Å². The van der Waals surface area contributed by atoms with E-state index in [0.717, 1.165) is 12.8 Å². The van der Waals surface area contributed by atoms with Gasteiger partial charge >= 0.3 is 0 Å². The summed E-state index contributed by atoms with van der Waals surface area (Å²) in [6, 6.07) is -0.0485. The average molecular weight is 243 g/mol. The van der Waals surface area contributed by atoms with Crippen molar-refractivity contribution in [2.45, 2.75) is 77.7 Å². The van der Waals surface area contributed by atoms with Gasteiger partial charge in [-0.15, -0.1) is 0 Å². The van der Waals surface area contributed by atoms with E-state index in [0.29, 0.717) is 0 Å². The molecule has 0 heterocycles. The number of rotatable bonds is 11. The Morgan fingerprint density at radius 3 is 2.06 bits per heavy atom. The zero-order valence-corrected chi connectivity index (χ0v) is 11.5. The number of unbranched alkanes of at least 4 members (excludes halogenated alkanes) is 7. The molecule has 0 fully saturated rings. The minimum atomic E-state index is -0.0522. The third-order valence-corrected chi connectivity index (χ3v) is 3.03. The van der Waals surface area contributed by atoms with Gasteiger partial charge in [0.25, 0.3) is 0 Å². The molecule has 0 aliphatic rings. The van der Waals surface area contributed by atoms with Gasteiger partial charge in [-0.05, 0) is 6.42 Å². The number of hydrogen-bond donors (Lipinski definition) is 2.